The number of ketones is 1. The Hall–Kier alpha value is -1.07. The van der Waals surface area contributed by atoms with Crippen LogP contribution in [-0.2, 0) is 4.79 Å². The zero-order chi connectivity index (χ0) is 16.1. The Morgan fingerprint density at radius 3 is 2.48 bits per heavy atom. The number of carbonyl (C=O) groups is 1. The lowest BCUT2D eigenvalue weighted by Gasteiger charge is -2.29. The highest BCUT2D eigenvalue weighted by Crippen LogP contribution is 2.19. The van der Waals surface area contributed by atoms with Crippen LogP contribution in [0.5, 0.6) is 5.75 Å². The molecule has 0 unspecified atom stereocenters. The van der Waals surface area contributed by atoms with E-state index >= 15 is 0 Å². The molecule has 1 aromatic carbocycles. The third-order valence-electron chi connectivity index (χ3n) is 5.15. The third kappa shape index (κ3) is 5.71. The molecule has 0 atom stereocenters. The first-order valence-electron chi connectivity index (χ1n) is 8.82. The molecule has 3 rings (SSSR count). The van der Waals surface area contributed by atoms with Crippen molar-refractivity contribution in [1.82, 2.24) is 0 Å². The van der Waals surface area contributed by atoms with Crippen LogP contribution in [0.15, 0.2) is 35.9 Å². The van der Waals surface area contributed by atoms with E-state index in [1.807, 2.05) is 12.1 Å². The Morgan fingerprint density at radius 2 is 1.84 bits per heavy atom. The highest BCUT2D eigenvalue weighted by molar-refractivity contribution is 5.95. The molecule has 0 radical (unpaired) electrons. The van der Waals surface area contributed by atoms with Crippen LogP contribution in [0.4, 0.5) is 5.69 Å². The SMILES string of the molecule is COc1ccccc1[NH+]1CC[NH+](CCC(=O)C2=CCCC2)CC1.[Cl-].[Cl-]. The molecule has 0 aromatic heterocycles. The van der Waals surface area contributed by atoms with Crippen LogP contribution in [0.25, 0.3) is 0 Å². The van der Waals surface area contributed by atoms with E-state index in [2.05, 4.69) is 18.2 Å². The number of ether oxygens (including phenoxy) is 1. The van der Waals surface area contributed by atoms with Gasteiger partial charge < -0.3 is 34.5 Å². The summed E-state index contributed by atoms with van der Waals surface area (Å²) in [5.74, 6) is 1.36. The number of carbonyl (C=O) groups excluding carboxylic acids is 1. The fourth-order valence-electron chi connectivity index (χ4n) is 3.74. The summed E-state index contributed by atoms with van der Waals surface area (Å²) < 4.78 is 5.48. The first-order chi connectivity index (χ1) is 11.3. The topological polar surface area (TPSA) is 35.2 Å². The molecular weight excluding hydrogens is 359 g/mol. The Balaban J connectivity index is 0.00000156. The van der Waals surface area contributed by atoms with Gasteiger partial charge in [0.25, 0.3) is 0 Å². The van der Waals surface area contributed by atoms with Gasteiger partial charge in [-0.25, -0.2) is 0 Å². The smallest absolute Gasteiger partial charge is 0.179 e. The molecule has 0 bridgehead atoms. The number of nitrogens with one attached hydrogen (secondary N) is 2. The van der Waals surface area contributed by atoms with Gasteiger partial charge in [-0.3, -0.25) is 9.69 Å². The number of para-hydroxylation sites is 2. The predicted molar refractivity (Wildman–Crippen MR) is 90.5 cm³/mol. The molecule has 0 amide bonds. The fourth-order valence-corrected chi connectivity index (χ4v) is 3.74. The van der Waals surface area contributed by atoms with E-state index in [1.165, 1.54) is 10.6 Å². The molecule has 1 aliphatic carbocycles. The van der Waals surface area contributed by atoms with Crippen molar-refractivity contribution in [3.63, 3.8) is 0 Å². The van der Waals surface area contributed by atoms with Crippen LogP contribution in [0, 0.1) is 0 Å². The second-order valence-electron chi connectivity index (χ2n) is 6.60. The zero-order valence-corrected chi connectivity index (χ0v) is 16.3. The number of halogens is 2. The lowest BCUT2D eigenvalue weighted by molar-refractivity contribution is -0.986. The standard InChI is InChI=1S/C19H26N2O2.2ClH/c1-23-19-9-5-4-8-17(19)21-14-12-20(13-15-21)11-10-18(22)16-6-2-3-7-16;;/h4-6,8-9H,2-3,7,10-15H2,1H3;2*1H. The molecule has 2 N–H and O–H groups in total. The lowest BCUT2D eigenvalue weighted by Crippen LogP contribution is -3.26. The fraction of sp³-hybridized carbons (Fsp3) is 0.526. The summed E-state index contributed by atoms with van der Waals surface area (Å²) in [4.78, 5) is 15.2. The minimum atomic E-state index is 0. The van der Waals surface area contributed by atoms with Gasteiger partial charge in [-0.1, -0.05) is 18.2 Å². The van der Waals surface area contributed by atoms with E-state index in [9.17, 15) is 4.79 Å². The Bertz CT molecular complexity index is 585. The van der Waals surface area contributed by atoms with Crippen molar-refractivity contribution >= 4 is 11.5 Å². The average Bonchev–Trinajstić information content (AvgIpc) is 3.15. The van der Waals surface area contributed by atoms with Gasteiger partial charge in [0.2, 0.25) is 0 Å². The van der Waals surface area contributed by atoms with Gasteiger partial charge in [0.05, 0.1) is 20.1 Å². The number of allylic oxidation sites excluding steroid dienone is 2. The maximum absolute atomic E-state index is 12.2. The summed E-state index contributed by atoms with van der Waals surface area (Å²) in [5, 5.41) is 0. The summed E-state index contributed by atoms with van der Waals surface area (Å²) in [6.07, 6.45) is 6.11. The zero-order valence-electron chi connectivity index (χ0n) is 14.8. The van der Waals surface area contributed by atoms with Crippen molar-refractivity contribution in [3.05, 3.63) is 35.9 Å². The minimum absolute atomic E-state index is 0. The van der Waals surface area contributed by atoms with Crippen LogP contribution in [-0.4, -0.2) is 45.6 Å². The van der Waals surface area contributed by atoms with Crippen LogP contribution in [0.3, 0.4) is 0 Å². The monoisotopic (exact) mass is 386 g/mol. The second kappa shape index (κ2) is 10.8. The first-order valence-corrected chi connectivity index (χ1v) is 8.82. The van der Waals surface area contributed by atoms with Gasteiger partial charge in [0, 0.05) is 6.07 Å². The number of quaternary nitrogens is 2. The maximum Gasteiger partial charge on any atom is 0.179 e. The number of hydrogen-bond donors (Lipinski definition) is 2. The molecule has 2 aliphatic rings. The van der Waals surface area contributed by atoms with Gasteiger partial charge >= 0.3 is 0 Å². The number of methoxy groups -OCH3 is 1. The highest BCUT2D eigenvalue weighted by Gasteiger charge is 2.27. The Morgan fingerprint density at radius 1 is 1.12 bits per heavy atom. The van der Waals surface area contributed by atoms with E-state index in [0.29, 0.717) is 12.2 Å². The molecule has 1 aromatic rings. The molecule has 6 heteroatoms. The third-order valence-corrected chi connectivity index (χ3v) is 5.15. The molecule has 4 nitrogen and oxygen atoms in total. The Labute approximate surface area is 163 Å². The number of Topliss-reactive ketones (excluding diaryl/α,β-unsaturated/α-hetero) is 1. The van der Waals surface area contributed by atoms with Crippen LogP contribution < -0.4 is 39.4 Å². The quantitative estimate of drug-likeness (QED) is 0.510. The van der Waals surface area contributed by atoms with E-state index in [-0.39, 0.29) is 24.8 Å². The predicted octanol–water partition coefficient (Wildman–Crippen LogP) is -5.81. The minimum Gasteiger partial charge on any atom is -1.00 e. The van der Waals surface area contributed by atoms with E-state index in [1.54, 1.807) is 12.0 Å². The average molecular weight is 387 g/mol. The molecule has 0 spiro atoms. The van der Waals surface area contributed by atoms with Crippen molar-refractivity contribution in [2.45, 2.75) is 25.7 Å². The molecule has 1 fully saturated rings. The molecule has 140 valence electrons. The Kier molecular flexibility index (Phi) is 9.51. The van der Waals surface area contributed by atoms with Crippen molar-refractivity contribution in [2.75, 3.05) is 39.8 Å². The van der Waals surface area contributed by atoms with Gasteiger partial charge in [0.1, 0.15) is 26.2 Å². The molecule has 0 saturated carbocycles. The van der Waals surface area contributed by atoms with Gasteiger partial charge in [-0.05, 0) is 30.9 Å². The second-order valence-corrected chi connectivity index (χ2v) is 6.60. The van der Waals surface area contributed by atoms with Crippen LogP contribution >= 0.6 is 0 Å². The highest BCUT2D eigenvalue weighted by atomic mass is 35.5. The van der Waals surface area contributed by atoms with Gasteiger partial charge in [0.15, 0.2) is 17.2 Å². The summed E-state index contributed by atoms with van der Waals surface area (Å²) in [6, 6.07) is 8.30. The molecule has 1 heterocycles. The van der Waals surface area contributed by atoms with Gasteiger partial charge in [-0.2, -0.15) is 0 Å². The van der Waals surface area contributed by atoms with E-state index in [4.69, 9.17) is 4.74 Å². The summed E-state index contributed by atoms with van der Waals surface area (Å²) in [5.41, 5.74) is 2.35. The number of benzene rings is 1. The molecular formula is C19H28Cl2N2O2. The van der Waals surface area contributed by atoms with E-state index in [0.717, 1.165) is 63.3 Å². The van der Waals surface area contributed by atoms with E-state index < -0.39 is 0 Å². The normalized spacial score (nSPS) is 22.4. The summed E-state index contributed by atoms with van der Waals surface area (Å²) in [6.45, 7) is 5.44. The number of rotatable bonds is 6. The summed E-state index contributed by atoms with van der Waals surface area (Å²) >= 11 is 0. The van der Waals surface area contributed by atoms with Crippen molar-refractivity contribution in [1.29, 1.82) is 0 Å². The van der Waals surface area contributed by atoms with Crippen molar-refractivity contribution in [2.24, 2.45) is 0 Å². The van der Waals surface area contributed by atoms with Gasteiger partial charge in [-0.15, -0.1) is 0 Å². The molecule has 25 heavy (non-hydrogen) atoms. The number of hydrogen-bond acceptors (Lipinski definition) is 2. The largest absolute Gasteiger partial charge is 1.00 e. The summed E-state index contributed by atoms with van der Waals surface area (Å²) in [7, 11) is 1.74. The lowest BCUT2D eigenvalue weighted by atomic mass is 10.1. The maximum atomic E-state index is 12.2. The first kappa shape index (κ1) is 22.0. The molecule has 1 aliphatic heterocycles. The van der Waals surface area contributed by atoms with Crippen molar-refractivity contribution < 1.29 is 44.1 Å². The van der Waals surface area contributed by atoms with Crippen LogP contribution in [0.1, 0.15) is 25.7 Å². The number of piperazine rings is 1. The van der Waals surface area contributed by atoms with Crippen molar-refractivity contribution in [3.8, 4) is 5.75 Å². The molecule has 1 saturated heterocycles. The van der Waals surface area contributed by atoms with Crippen LogP contribution in [0.2, 0.25) is 0 Å².